The van der Waals surface area contributed by atoms with Crippen LogP contribution >= 0.6 is 23.2 Å². The van der Waals surface area contributed by atoms with Crippen molar-refractivity contribution in [1.29, 1.82) is 0 Å². The van der Waals surface area contributed by atoms with Gasteiger partial charge in [0.15, 0.2) is 0 Å². The molecule has 0 N–H and O–H groups in total. The van der Waals surface area contributed by atoms with Crippen LogP contribution in [0.2, 0.25) is 0 Å². The molecule has 3 rings (SSSR count). The summed E-state index contributed by atoms with van der Waals surface area (Å²) in [6, 6.07) is 8.10. The molecular formula is C17H22Cl2N2O2. The highest BCUT2D eigenvalue weighted by molar-refractivity contribution is 6.53. The summed E-state index contributed by atoms with van der Waals surface area (Å²) in [4.78, 5) is 16.8. The van der Waals surface area contributed by atoms with Crippen molar-refractivity contribution in [3.8, 4) is 5.75 Å². The summed E-state index contributed by atoms with van der Waals surface area (Å²) in [5.74, 6) is 0.960. The molecule has 1 saturated heterocycles. The smallest absolute Gasteiger partial charge is 0.231 e. The van der Waals surface area contributed by atoms with E-state index >= 15 is 0 Å². The van der Waals surface area contributed by atoms with Crippen molar-refractivity contribution in [3.05, 3.63) is 29.8 Å². The van der Waals surface area contributed by atoms with Crippen molar-refractivity contribution in [2.75, 3.05) is 33.3 Å². The zero-order chi connectivity index (χ0) is 16.7. The number of methoxy groups -OCH3 is 1. The summed E-state index contributed by atoms with van der Waals surface area (Å²) < 4.78 is 4.37. The summed E-state index contributed by atoms with van der Waals surface area (Å²) in [6.45, 7) is 5.89. The van der Waals surface area contributed by atoms with E-state index in [1.54, 1.807) is 7.11 Å². The molecule has 1 aliphatic heterocycles. The van der Waals surface area contributed by atoms with Gasteiger partial charge in [-0.15, -0.1) is 23.2 Å². The maximum Gasteiger partial charge on any atom is 0.231 e. The van der Waals surface area contributed by atoms with E-state index in [1.165, 1.54) is 5.56 Å². The largest absolute Gasteiger partial charge is 0.497 e. The Morgan fingerprint density at radius 3 is 2.48 bits per heavy atom. The number of nitrogens with zero attached hydrogens (tertiary/aromatic N) is 2. The van der Waals surface area contributed by atoms with Gasteiger partial charge in [-0.3, -0.25) is 9.69 Å². The molecule has 1 heterocycles. The minimum atomic E-state index is -0.887. The third kappa shape index (κ3) is 3.30. The van der Waals surface area contributed by atoms with Gasteiger partial charge in [-0.1, -0.05) is 12.1 Å². The Hall–Kier alpha value is -0.970. The molecule has 0 spiro atoms. The molecule has 1 unspecified atom stereocenters. The van der Waals surface area contributed by atoms with Gasteiger partial charge in [0.1, 0.15) is 10.1 Å². The van der Waals surface area contributed by atoms with Crippen LogP contribution in [0.4, 0.5) is 0 Å². The van der Waals surface area contributed by atoms with Gasteiger partial charge in [0, 0.05) is 32.7 Å². The van der Waals surface area contributed by atoms with Crippen LogP contribution < -0.4 is 4.74 Å². The molecule has 1 amide bonds. The minimum Gasteiger partial charge on any atom is -0.497 e. The Labute approximate surface area is 147 Å². The molecule has 1 aliphatic carbocycles. The van der Waals surface area contributed by atoms with Gasteiger partial charge in [0.05, 0.1) is 12.5 Å². The molecule has 126 valence electrons. The van der Waals surface area contributed by atoms with Crippen LogP contribution in [0, 0.1) is 5.41 Å². The van der Waals surface area contributed by atoms with E-state index in [1.807, 2.05) is 24.0 Å². The van der Waals surface area contributed by atoms with Gasteiger partial charge >= 0.3 is 0 Å². The molecule has 1 aromatic carbocycles. The number of carbonyl (C=O) groups is 1. The van der Waals surface area contributed by atoms with Crippen LogP contribution in [0.25, 0.3) is 0 Å². The lowest BCUT2D eigenvalue weighted by atomic mass is 10.1. The maximum atomic E-state index is 12.6. The van der Waals surface area contributed by atoms with E-state index < -0.39 is 9.75 Å². The van der Waals surface area contributed by atoms with E-state index in [-0.39, 0.29) is 5.91 Å². The first-order chi connectivity index (χ1) is 10.9. The fraction of sp³-hybridized carbons (Fsp3) is 0.588. The molecular weight excluding hydrogens is 335 g/mol. The minimum absolute atomic E-state index is 0.0866. The summed E-state index contributed by atoms with van der Waals surface area (Å²) in [5.41, 5.74) is 0.615. The van der Waals surface area contributed by atoms with Gasteiger partial charge < -0.3 is 9.64 Å². The van der Waals surface area contributed by atoms with Crippen LogP contribution in [0.3, 0.4) is 0 Å². The fourth-order valence-electron chi connectivity index (χ4n) is 3.12. The molecule has 1 aromatic rings. The van der Waals surface area contributed by atoms with Crippen molar-refractivity contribution < 1.29 is 9.53 Å². The summed E-state index contributed by atoms with van der Waals surface area (Å²) >= 11 is 12.2. The van der Waals surface area contributed by atoms with Gasteiger partial charge in [0.25, 0.3) is 0 Å². The van der Waals surface area contributed by atoms with E-state index in [0.717, 1.165) is 38.5 Å². The predicted octanol–water partition coefficient (Wildman–Crippen LogP) is 2.92. The highest BCUT2D eigenvalue weighted by atomic mass is 35.5. The highest BCUT2D eigenvalue weighted by Gasteiger charge is 2.68. The standard InChI is InChI=1S/C17H22Cl2N2O2/c1-16(12-17(16,18)19)15(22)21-8-6-20(7-9-21)11-13-4-3-5-14(10-13)23-2/h3-5,10H,6-9,11-12H2,1-2H3. The fourth-order valence-corrected chi connectivity index (χ4v) is 3.82. The molecule has 1 atom stereocenters. The van der Waals surface area contributed by atoms with Gasteiger partial charge in [-0.25, -0.2) is 0 Å². The molecule has 4 nitrogen and oxygen atoms in total. The highest BCUT2D eigenvalue weighted by Crippen LogP contribution is 2.64. The van der Waals surface area contributed by atoms with E-state index in [0.29, 0.717) is 6.42 Å². The van der Waals surface area contributed by atoms with Crippen LogP contribution in [-0.4, -0.2) is 53.3 Å². The van der Waals surface area contributed by atoms with Crippen LogP contribution in [-0.2, 0) is 11.3 Å². The third-order valence-electron chi connectivity index (χ3n) is 4.93. The van der Waals surface area contributed by atoms with Crippen molar-refractivity contribution in [1.82, 2.24) is 9.80 Å². The predicted molar refractivity (Wildman–Crippen MR) is 92.0 cm³/mol. The van der Waals surface area contributed by atoms with E-state index in [9.17, 15) is 4.79 Å². The topological polar surface area (TPSA) is 32.8 Å². The molecule has 0 aromatic heterocycles. The van der Waals surface area contributed by atoms with Gasteiger partial charge in [-0.2, -0.15) is 0 Å². The SMILES string of the molecule is COc1cccc(CN2CCN(C(=O)C3(C)CC3(Cl)Cl)CC2)c1. The maximum absolute atomic E-state index is 12.6. The molecule has 2 fully saturated rings. The number of alkyl halides is 2. The lowest BCUT2D eigenvalue weighted by Crippen LogP contribution is -2.50. The quantitative estimate of drug-likeness (QED) is 0.777. The van der Waals surface area contributed by atoms with E-state index in [4.69, 9.17) is 27.9 Å². The number of ether oxygens (including phenoxy) is 1. The number of carbonyl (C=O) groups excluding carboxylic acids is 1. The van der Waals surface area contributed by atoms with Gasteiger partial charge in [-0.05, 0) is 31.0 Å². The first-order valence-corrected chi connectivity index (χ1v) is 8.64. The molecule has 23 heavy (non-hydrogen) atoms. The molecule has 0 radical (unpaired) electrons. The second-order valence-corrected chi connectivity index (χ2v) is 8.12. The third-order valence-corrected chi connectivity index (χ3v) is 6.03. The van der Waals surface area contributed by atoms with Crippen molar-refractivity contribution in [3.63, 3.8) is 0 Å². The summed E-state index contributed by atoms with van der Waals surface area (Å²) in [5, 5.41) is 0. The van der Waals surface area contributed by atoms with Gasteiger partial charge in [0.2, 0.25) is 5.91 Å². The first-order valence-electron chi connectivity index (χ1n) is 7.88. The molecule has 1 saturated carbocycles. The average molecular weight is 357 g/mol. The lowest BCUT2D eigenvalue weighted by Gasteiger charge is -2.36. The Balaban J connectivity index is 1.53. The average Bonchev–Trinajstić information content (AvgIpc) is 3.07. The number of halogens is 2. The number of hydrogen-bond donors (Lipinski definition) is 0. The Kier molecular flexibility index (Phi) is 4.51. The number of rotatable bonds is 4. The monoisotopic (exact) mass is 356 g/mol. The zero-order valence-electron chi connectivity index (χ0n) is 13.5. The lowest BCUT2D eigenvalue weighted by molar-refractivity contribution is -0.138. The zero-order valence-corrected chi connectivity index (χ0v) is 15.0. The number of piperazine rings is 1. The van der Waals surface area contributed by atoms with Crippen molar-refractivity contribution in [2.24, 2.45) is 5.41 Å². The summed E-state index contributed by atoms with van der Waals surface area (Å²) in [6.07, 6.45) is 0.548. The van der Waals surface area contributed by atoms with Crippen LogP contribution in [0.1, 0.15) is 18.9 Å². The number of benzene rings is 1. The summed E-state index contributed by atoms with van der Waals surface area (Å²) in [7, 11) is 1.68. The Morgan fingerprint density at radius 1 is 1.26 bits per heavy atom. The Bertz CT molecular complexity index is 600. The second-order valence-electron chi connectivity index (χ2n) is 6.63. The number of amides is 1. The molecule has 6 heteroatoms. The first kappa shape index (κ1) is 16.9. The molecule has 0 bridgehead atoms. The molecule has 2 aliphatic rings. The van der Waals surface area contributed by atoms with Crippen LogP contribution in [0.15, 0.2) is 24.3 Å². The van der Waals surface area contributed by atoms with Crippen molar-refractivity contribution in [2.45, 2.75) is 24.2 Å². The van der Waals surface area contributed by atoms with Crippen LogP contribution in [0.5, 0.6) is 5.75 Å². The normalized spacial score (nSPS) is 26.9. The van der Waals surface area contributed by atoms with Crippen molar-refractivity contribution >= 4 is 29.1 Å². The second kappa shape index (κ2) is 6.15. The Morgan fingerprint density at radius 2 is 1.91 bits per heavy atom. The van der Waals surface area contributed by atoms with E-state index in [2.05, 4.69) is 17.0 Å². The number of hydrogen-bond acceptors (Lipinski definition) is 3.